The second-order valence-corrected chi connectivity index (χ2v) is 3.83. The van der Waals surface area contributed by atoms with Crippen molar-refractivity contribution in [1.29, 1.82) is 0 Å². The average molecular weight is 185 g/mol. The molecule has 0 aromatic carbocycles. The molecule has 1 aliphatic rings. The van der Waals surface area contributed by atoms with E-state index in [4.69, 9.17) is 4.74 Å². The van der Waals surface area contributed by atoms with Crippen molar-refractivity contribution in [3.05, 3.63) is 0 Å². The molecule has 0 amide bonds. The van der Waals surface area contributed by atoms with Crippen molar-refractivity contribution in [2.75, 3.05) is 26.3 Å². The Morgan fingerprint density at radius 2 is 2.08 bits per heavy atom. The molecule has 13 heavy (non-hydrogen) atoms. The lowest BCUT2D eigenvalue weighted by Crippen LogP contribution is -2.35. The van der Waals surface area contributed by atoms with Gasteiger partial charge < -0.3 is 9.64 Å². The van der Waals surface area contributed by atoms with E-state index in [0.29, 0.717) is 0 Å². The first kappa shape index (κ1) is 11.0. The van der Waals surface area contributed by atoms with Gasteiger partial charge in [0.1, 0.15) is 0 Å². The second-order valence-electron chi connectivity index (χ2n) is 3.83. The van der Waals surface area contributed by atoms with Gasteiger partial charge in [-0.3, -0.25) is 0 Å². The van der Waals surface area contributed by atoms with Crippen molar-refractivity contribution in [2.24, 2.45) is 0 Å². The molecule has 0 aromatic heterocycles. The first-order chi connectivity index (χ1) is 6.38. The van der Waals surface area contributed by atoms with E-state index < -0.39 is 0 Å². The van der Waals surface area contributed by atoms with Crippen LogP contribution in [0.25, 0.3) is 0 Å². The van der Waals surface area contributed by atoms with E-state index in [1.165, 1.54) is 38.8 Å². The SMILES string of the molecule is CCCN(CC)C1CCCOCC1. The third kappa shape index (κ3) is 3.65. The Labute approximate surface area is 82.3 Å². The van der Waals surface area contributed by atoms with Gasteiger partial charge in [-0.15, -0.1) is 0 Å². The summed E-state index contributed by atoms with van der Waals surface area (Å²) in [5, 5.41) is 0. The molecule has 2 heteroatoms. The Balaban J connectivity index is 2.35. The van der Waals surface area contributed by atoms with Gasteiger partial charge in [-0.05, 0) is 38.8 Å². The summed E-state index contributed by atoms with van der Waals surface area (Å²) in [7, 11) is 0. The van der Waals surface area contributed by atoms with Gasteiger partial charge in [-0.2, -0.15) is 0 Å². The lowest BCUT2D eigenvalue weighted by Gasteiger charge is -2.29. The largest absolute Gasteiger partial charge is 0.381 e. The molecular formula is C11H23NO. The maximum absolute atomic E-state index is 5.47. The van der Waals surface area contributed by atoms with Crippen LogP contribution in [0.5, 0.6) is 0 Å². The highest BCUT2D eigenvalue weighted by Gasteiger charge is 2.17. The van der Waals surface area contributed by atoms with E-state index >= 15 is 0 Å². The highest BCUT2D eigenvalue weighted by molar-refractivity contribution is 4.72. The zero-order chi connectivity index (χ0) is 9.52. The summed E-state index contributed by atoms with van der Waals surface area (Å²) in [6.45, 7) is 8.90. The highest BCUT2D eigenvalue weighted by Crippen LogP contribution is 2.15. The van der Waals surface area contributed by atoms with Gasteiger partial charge in [0.25, 0.3) is 0 Å². The zero-order valence-electron chi connectivity index (χ0n) is 9.09. The molecule has 78 valence electrons. The van der Waals surface area contributed by atoms with Crippen molar-refractivity contribution < 1.29 is 4.74 Å². The standard InChI is InChI=1S/C11H23NO/c1-3-8-12(4-2)11-6-5-9-13-10-7-11/h11H,3-10H2,1-2H3. The van der Waals surface area contributed by atoms with Crippen LogP contribution in [0.4, 0.5) is 0 Å². The van der Waals surface area contributed by atoms with Crippen LogP contribution in [-0.4, -0.2) is 37.2 Å². The fourth-order valence-corrected chi connectivity index (χ4v) is 2.14. The van der Waals surface area contributed by atoms with Crippen molar-refractivity contribution in [1.82, 2.24) is 4.90 Å². The Bertz CT molecular complexity index is 119. The van der Waals surface area contributed by atoms with Gasteiger partial charge in [0.2, 0.25) is 0 Å². The molecule has 0 saturated carbocycles. The molecule has 0 radical (unpaired) electrons. The van der Waals surface area contributed by atoms with E-state index in [0.717, 1.165) is 19.3 Å². The third-order valence-corrected chi connectivity index (χ3v) is 2.85. The van der Waals surface area contributed by atoms with Crippen molar-refractivity contribution in [3.63, 3.8) is 0 Å². The molecule has 1 saturated heterocycles. The Morgan fingerprint density at radius 1 is 1.23 bits per heavy atom. The first-order valence-corrected chi connectivity index (χ1v) is 5.70. The third-order valence-electron chi connectivity index (χ3n) is 2.85. The summed E-state index contributed by atoms with van der Waals surface area (Å²) >= 11 is 0. The van der Waals surface area contributed by atoms with Crippen LogP contribution < -0.4 is 0 Å². The molecule has 2 nitrogen and oxygen atoms in total. The Morgan fingerprint density at radius 3 is 2.77 bits per heavy atom. The number of hydrogen-bond acceptors (Lipinski definition) is 2. The van der Waals surface area contributed by atoms with Crippen molar-refractivity contribution in [2.45, 2.75) is 45.6 Å². The van der Waals surface area contributed by atoms with E-state index in [-0.39, 0.29) is 0 Å². The summed E-state index contributed by atoms with van der Waals surface area (Å²) in [6.07, 6.45) is 5.07. The van der Waals surface area contributed by atoms with Gasteiger partial charge >= 0.3 is 0 Å². The fraction of sp³-hybridized carbons (Fsp3) is 1.00. The lowest BCUT2D eigenvalue weighted by molar-refractivity contribution is 0.130. The monoisotopic (exact) mass is 185 g/mol. The smallest absolute Gasteiger partial charge is 0.0480 e. The summed E-state index contributed by atoms with van der Waals surface area (Å²) in [4.78, 5) is 2.61. The zero-order valence-corrected chi connectivity index (χ0v) is 9.09. The molecule has 1 rings (SSSR count). The van der Waals surface area contributed by atoms with Crippen LogP contribution in [0.2, 0.25) is 0 Å². The van der Waals surface area contributed by atoms with Gasteiger partial charge in [0, 0.05) is 19.3 Å². The molecule has 0 aromatic rings. The second kappa shape index (κ2) is 6.39. The van der Waals surface area contributed by atoms with Gasteiger partial charge in [-0.25, -0.2) is 0 Å². The summed E-state index contributed by atoms with van der Waals surface area (Å²) in [6, 6.07) is 0.785. The minimum Gasteiger partial charge on any atom is -0.381 e. The summed E-state index contributed by atoms with van der Waals surface area (Å²) < 4.78 is 5.47. The number of nitrogens with zero attached hydrogens (tertiary/aromatic N) is 1. The number of ether oxygens (including phenoxy) is 1. The molecule has 0 aliphatic carbocycles. The van der Waals surface area contributed by atoms with E-state index in [9.17, 15) is 0 Å². The molecule has 1 heterocycles. The maximum atomic E-state index is 5.47. The predicted octanol–water partition coefficient (Wildman–Crippen LogP) is 2.29. The van der Waals surface area contributed by atoms with Crippen LogP contribution in [0, 0.1) is 0 Å². The average Bonchev–Trinajstić information content (AvgIpc) is 2.42. The van der Waals surface area contributed by atoms with E-state index in [1.54, 1.807) is 0 Å². The van der Waals surface area contributed by atoms with Gasteiger partial charge in [0.15, 0.2) is 0 Å². The van der Waals surface area contributed by atoms with E-state index in [2.05, 4.69) is 18.7 Å². The van der Waals surface area contributed by atoms with Crippen LogP contribution in [0.1, 0.15) is 39.5 Å². The molecule has 1 fully saturated rings. The Kier molecular flexibility index (Phi) is 5.40. The quantitative estimate of drug-likeness (QED) is 0.666. The molecule has 0 bridgehead atoms. The molecule has 0 N–H and O–H groups in total. The fourth-order valence-electron chi connectivity index (χ4n) is 2.14. The van der Waals surface area contributed by atoms with Crippen LogP contribution in [0.15, 0.2) is 0 Å². The van der Waals surface area contributed by atoms with Gasteiger partial charge in [0.05, 0.1) is 0 Å². The number of rotatable bonds is 4. The van der Waals surface area contributed by atoms with Crippen LogP contribution in [0.3, 0.4) is 0 Å². The molecule has 1 aliphatic heterocycles. The van der Waals surface area contributed by atoms with Gasteiger partial charge in [-0.1, -0.05) is 13.8 Å². The van der Waals surface area contributed by atoms with E-state index in [1.807, 2.05) is 0 Å². The molecular weight excluding hydrogens is 162 g/mol. The summed E-state index contributed by atoms with van der Waals surface area (Å²) in [5.41, 5.74) is 0. The summed E-state index contributed by atoms with van der Waals surface area (Å²) in [5.74, 6) is 0. The Hall–Kier alpha value is -0.0800. The van der Waals surface area contributed by atoms with Crippen LogP contribution >= 0.6 is 0 Å². The van der Waals surface area contributed by atoms with Crippen molar-refractivity contribution >= 4 is 0 Å². The first-order valence-electron chi connectivity index (χ1n) is 5.70. The molecule has 1 atom stereocenters. The molecule has 1 unspecified atom stereocenters. The number of hydrogen-bond donors (Lipinski definition) is 0. The van der Waals surface area contributed by atoms with Crippen molar-refractivity contribution in [3.8, 4) is 0 Å². The lowest BCUT2D eigenvalue weighted by atomic mass is 10.1. The topological polar surface area (TPSA) is 12.5 Å². The highest BCUT2D eigenvalue weighted by atomic mass is 16.5. The minimum atomic E-state index is 0.785. The molecule has 0 spiro atoms. The maximum Gasteiger partial charge on any atom is 0.0480 e. The predicted molar refractivity (Wildman–Crippen MR) is 56.0 cm³/mol. The normalized spacial score (nSPS) is 24.7. The van der Waals surface area contributed by atoms with Crippen LogP contribution in [-0.2, 0) is 4.74 Å². The minimum absolute atomic E-state index is 0.785.